The number of amides is 1. The van der Waals surface area contributed by atoms with Crippen LogP contribution in [0.5, 0.6) is 0 Å². The molecule has 7 nitrogen and oxygen atoms in total. The van der Waals surface area contributed by atoms with Gasteiger partial charge in [-0.1, -0.05) is 35.9 Å². The minimum absolute atomic E-state index is 0.121. The van der Waals surface area contributed by atoms with E-state index < -0.39 is 9.84 Å². The molecule has 38 heavy (non-hydrogen) atoms. The number of nitrogens with zero attached hydrogens (tertiary/aromatic N) is 4. The number of benzene rings is 2. The second kappa shape index (κ2) is 10.6. The number of aromatic nitrogens is 2. The zero-order valence-electron chi connectivity index (χ0n) is 21.5. The van der Waals surface area contributed by atoms with Crippen LogP contribution in [-0.2, 0) is 9.84 Å². The number of carbonyl (C=O) groups excluding carboxylic acids is 1. The van der Waals surface area contributed by atoms with Gasteiger partial charge in [0.15, 0.2) is 15.5 Å². The minimum atomic E-state index is -3.32. The van der Waals surface area contributed by atoms with E-state index in [0.717, 1.165) is 46.9 Å². The molecule has 0 radical (unpaired) electrons. The predicted molar refractivity (Wildman–Crippen MR) is 153 cm³/mol. The number of likely N-dealkylation sites (tertiary alicyclic amines) is 1. The fraction of sp³-hybridized carbons (Fsp3) is 0.286. The SMILES string of the molecule is CN1CCC(N(C)C(=O)c2cc(-c3ccc(-c4cccc(S(C)(=O)=O)c4)s3)n(-c3ccccc3Cl)n2)CC1. The van der Waals surface area contributed by atoms with Gasteiger partial charge in [0.1, 0.15) is 0 Å². The Morgan fingerprint density at radius 1 is 1.03 bits per heavy atom. The molecule has 0 aliphatic carbocycles. The van der Waals surface area contributed by atoms with Gasteiger partial charge in [0, 0.05) is 24.2 Å². The van der Waals surface area contributed by atoms with Gasteiger partial charge in [-0.25, -0.2) is 13.1 Å². The Balaban J connectivity index is 1.54. The summed E-state index contributed by atoms with van der Waals surface area (Å²) >= 11 is 8.06. The summed E-state index contributed by atoms with van der Waals surface area (Å²) < 4.78 is 25.9. The smallest absolute Gasteiger partial charge is 0.274 e. The van der Waals surface area contributed by atoms with Crippen molar-refractivity contribution in [3.63, 3.8) is 0 Å². The van der Waals surface area contributed by atoms with E-state index in [0.29, 0.717) is 16.4 Å². The molecule has 0 unspecified atom stereocenters. The van der Waals surface area contributed by atoms with Gasteiger partial charge in [0.05, 0.1) is 26.2 Å². The summed E-state index contributed by atoms with van der Waals surface area (Å²) in [5.41, 5.74) is 2.59. The number of hydrogen-bond acceptors (Lipinski definition) is 6. The topological polar surface area (TPSA) is 75.5 Å². The van der Waals surface area contributed by atoms with Gasteiger partial charge in [-0.3, -0.25) is 4.79 Å². The molecule has 0 spiro atoms. The van der Waals surface area contributed by atoms with Crippen molar-refractivity contribution >= 4 is 38.7 Å². The number of rotatable bonds is 6. The molecular formula is C28H29ClN4O3S2. The van der Waals surface area contributed by atoms with Gasteiger partial charge < -0.3 is 9.80 Å². The number of piperidine rings is 1. The lowest BCUT2D eigenvalue weighted by Crippen LogP contribution is -2.44. The van der Waals surface area contributed by atoms with Gasteiger partial charge in [-0.05, 0) is 81.0 Å². The number of para-hydroxylation sites is 1. The van der Waals surface area contributed by atoms with E-state index in [1.165, 1.54) is 17.6 Å². The zero-order valence-corrected chi connectivity index (χ0v) is 23.9. The Morgan fingerprint density at radius 3 is 2.45 bits per heavy atom. The normalized spacial score (nSPS) is 15.1. The fourth-order valence-corrected chi connectivity index (χ4v) is 6.59. The van der Waals surface area contributed by atoms with Crippen LogP contribution in [0.4, 0.5) is 0 Å². The van der Waals surface area contributed by atoms with Crippen LogP contribution in [0.25, 0.3) is 26.7 Å². The van der Waals surface area contributed by atoms with Crippen molar-refractivity contribution in [3.8, 4) is 26.7 Å². The lowest BCUT2D eigenvalue weighted by Gasteiger charge is -2.34. The quantitative estimate of drug-likeness (QED) is 0.307. The van der Waals surface area contributed by atoms with E-state index in [9.17, 15) is 13.2 Å². The van der Waals surface area contributed by atoms with Crippen LogP contribution in [0, 0.1) is 0 Å². The van der Waals surface area contributed by atoms with Crippen LogP contribution in [0.1, 0.15) is 23.3 Å². The molecule has 0 saturated carbocycles. The van der Waals surface area contributed by atoms with Crippen molar-refractivity contribution in [2.45, 2.75) is 23.8 Å². The van der Waals surface area contributed by atoms with E-state index >= 15 is 0 Å². The maximum absolute atomic E-state index is 13.5. The molecule has 198 valence electrons. The first-order chi connectivity index (χ1) is 18.1. The van der Waals surface area contributed by atoms with Crippen LogP contribution >= 0.6 is 22.9 Å². The van der Waals surface area contributed by atoms with Crippen molar-refractivity contribution in [2.24, 2.45) is 0 Å². The molecule has 1 amide bonds. The highest BCUT2D eigenvalue weighted by Gasteiger charge is 2.28. The summed E-state index contributed by atoms with van der Waals surface area (Å²) in [4.78, 5) is 19.7. The first-order valence-corrected chi connectivity index (χ1v) is 15.4. The summed E-state index contributed by atoms with van der Waals surface area (Å²) in [5.74, 6) is -0.121. The molecule has 1 aliphatic heterocycles. The molecule has 2 aromatic carbocycles. The highest BCUT2D eigenvalue weighted by Crippen LogP contribution is 2.37. The molecule has 0 atom stereocenters. The average Bonchev–Trinajstić information content (AvgIpc) is 3.56. The van der Waals surface area contributed by atoms with E-state index in [1.54, 1.807) is 28.9 Å². The zero-order chi connectivity index (χ0) is 27.0. The first kappa shape index (κ1) is 26.6. The number of sulfone groups is 1. The first-order valence-electron chi connectivity index (χ1n) is 12.3. The highest BCUT2D eigenvalue weighted by atomic mass is 35.5. The molecule has 2 aromatic heterocycles. The average molecular weight is 569 g/mol. The fourth-order valence-electron chi connectivity index (χ4n) is 4.71. The predicted octanol–water partition coefficient (Wildman–Crippen LogP) is 5.49. The molecule has 10 heteroatoms. The van der Waals surface area contributed by atoms with Crippen molar-refractivity contribution in [3.05, 3.63) is 77.4 Å². The molecule has 1 aliphatic rings. The van der Waals surface area contributed by atoms with Gasteiger partial charge in [-0.15, -0.1) is 11.3 Å². The van der Waals surface area contributed by atoms with Crippen LogP contribution in [-0.4, -0.2) is 73.4 Å². The molecule has 1 saturated heterocycles. The maximum atomic E-state index is 13.5. The second-order valence-electron chi connectivity index (χ2n) is 9.69. The minimum Gasteiger partial charge on any atom is -0.337 e. The molecule has 3 heterocycles. The molecule has 1 fully saturated rings. The van der Waals surface area contributed by atoms with Crippen LogP contribution in [0.3, 0.4) is 0 Å². The number of hydrogen-bond donors (Lipinski definition) is 0. The van der Waals surface area contributed by atoms with Crippen molar-refractivity contribution in [1.29, 1.82) is 0 Å². The third-order valence-corrected chi connectivity index (χ3v) is 9.56. The Morgan fingerprint density at radius 2 is 1.74 bits per heavy atom. The van der Waals surface area contributed by atoms with E-state index in [2.05, 4.69) is 11.9 Å². The van der Waals surface area contributed by atoms with Gasteiger partial charge in [-0.2, -0.15) is 5.10 Å². The van der Waals surface area contributed by atoms with Crippen molar-refractivity contribution < 1.29 is 13.2 Å². The Hall–Kier alpha value is -2.98. The number of thiophene rings is 1. The molecular weight excluding hydrogens is 540 g/mol. The largest absolute Gasteiger partial charge is 0.337 e. The van der Waals surface area contributed by atoms with Crippen molar-refractivity contribution in [2.75, 3.05) is 33.4 Å². The second-order valence-corrected chi connectivity index (χ2v) is 13.2. The standard InChI is InChI=1S/C28H29ClN4O3S2/c1-31-15-13-20(14-16-31)32(2)28(34)23-18-25(33(30-23)24-10-5-4-9-22(24)29)27-12-11-26(37-27)19-7-6-8-21(17-19)38(3,35)36/h4-12,17-18,20H,13-16H2,1-3H3. The Kier molecular flexibility index (Phi) is 7.46. The van der Waals surface area contributed by atoms with E-state index in [-0.39, 0.29) is 16.8 Å². The molecule has 5 rings (SSSR count). The molecule has 0 bridgehead atoms. The summed E-state index contributed by atoms with van der Waals surface area (Å²) in [5, 5.41) is 5.26. The summed E-state index contributed by atoms with van der Waals surface area (Å²) in [6.45, 7) is 1.92. The van der Waals surface area contributed by atoms with Crippen LogP contribution in [0.2, 0.25) is 5.02 Å². The van der Waals surface area contributed by atoms with Gasteiger partial charge in [0.2, 0.25) is 0 Å². The summed E-state index contributed by atoms with van der Waals surface area (Å²) in [7, 11) is 0.629. The number of carbonyl (C=O) groups is 1. The highest BCUT2D eigenvalue weighted by molar-refractivity contribution is 7.90. The lowest BCUT2D eigenvalue weighted by molar-refractivity contribution is 0.0653. The Labute approximate surface area is 232 Å². The molecule has 4 aromatic rings. The summed E-state index contributed by atoms with van der Waals surface area (Å²) in [6.07, 6.45) is 3.06. The Bertz CT molecular complexity index is 1590. The van der Waals surface area contributed by atoms with Crippen LogP contribution in [0.15, 0.2) is 71.6 Å². The third kappa shape index (κ3) is 5.42. The van der Waals surface area contributed by atoms with Gasteiger partial charge >= 0.3 is 0 Å². The monoisotopic (exact) mass is 568 g/mol. The summed E-state index contributed by atoms with van der Waals surface area (Å²) in [6, 6.07) is 20.2. The maximum Gasteiger partial charge on any atom is 0.274 e. The van der Waals surface area contributed by atoms with E-state index in [4.69, 9.17) is 16.7 Å². The molecule has 0 N–H and O–H groups in total. The van der Waals surface area contributed by atoms with Gasteiger partial charge in [0.25, 0.3) is 5.91 Å². The van der Waals surface area contributed by atoms with Crippen molar-refractivity contribution in [1.82, 2.24) is 19.6 Å². The number of halogens is 1. The lowest BCUT2D eigenvalue weighted by atomic mass is 10.0. The van der Waals surface area contributed by atoms with E-state index in [1.807, 2.05) is 54.4 Å². The van der Waals surface area contributed by atoms with Crippen LogP contribution < -0.4 is 0 Å². The third-order valence-electron chi connectivity index (χ3n) is 6.97.